The topological polar surface area (TPSA) is 75.4 Å². The first kappa shape index (κ1) is 16.7. The summed E-state index contributed by atoms with van der Waals surface area (Å²) in [6.45, 7) is 3.64. The molecule has 0 atom stereocenters. The number of sulfonamides is 1. The van der Waals surface area contributed by atoms with Crippen LogP contribution < -0.4 is 10.5 Å². The molecule has 1 aliphatic heterocycles. The molecule has 1 fully saturated rings. The van der Waals surface area contributed by atoms with E-state index >= 15 is 0 Å². The van der Waals surface area contributed by atoms with Crippen molar-refractivity contribution < 1.29 is 8.42 Å². The van der Waals surface area contributed by atoms with E-state index in [4.69, 9.17) is 5.73 Å². The third-order valence-corrected chi connectivity index (χ3v) is 5.68. The Hall–Kier alpha value is -0.630. The summed E-state index contributed by atoms with van der Waals surface area (Å²) in [6, 6.07) is 4.80. The molecule has 7 heteroatoms. The number of nitrogens with zero attached hydrogens (tertiary/aromatic N) is 1. The molecule has 0 bridgehead atoms. The Kier molecular flexibility index (Phi) is 6.04. The molecule has 1 aromatic rings. The molecule has 21 heavy (non-hydrogen) atoms. The van der Waals surface area contributed by atoms with Crippen molar-refractivity contribution in [3.8, 4) is 0 Å². The van der Waals surface area contributed by atoms with Crippen LogP contribution >= 0.6 is 15.9 Å². The van der Waals surface area contributed by atoms with E-state index in [-0.39, 0.29) is 10.6 Å². The molecule has 1 aliphatic rings. The highest BCUT2D eigenvalue weighted by atomic mass is 79.9. The molecule has 0 spiro atoms. The van der Waals surface area contributed by atoms with Crippen LogP contribution in [0.25, 0.3) is 0 Å². The fourth-order valence-corrected chi connectivity index (χ4v) is 4.10. The van der Waals surface area contributed by atoms with Gasteiger partial charge in [-0.05, 0) is 57.1 Å². The van der Waals surface area contributed by atoms with Crippen molar-refractivity contribution in [2.24, 2.45) is 0 Å². The molecule has 0 saturated carbocycles. The number of piperidine rings is 1. The number of anilines is 1. The summed E-state index contributed by atoms with van der Waals surface area (Å²) in [5, 5.41) is 0. The molecular weight excluding hydrogens is 354 g/mol. The van der Waals surface area contributed by atoms with Gasteiger partial charge in [-0.25, -0.2) is 13.1 Å². The summed E-state index contributed by atoms with van der Waals surface area (Å²) in [6.07, 6.45) is 4.63. The summed E-state index contributed by atoms with van der Waals surface area (Å²) in [4.78, 5) is 2.54. The van der Waals surface area contributed by atoms with Gasteiger partial charge in [0.05, 0.1) is 5.69 Å². The average Bonchev–Trinajstić information content (AvgIpc) is 2.44. The number of benzene rings is 1. The zero-order valence-corrected chi connectivity index (χ0v) is 14.4. The maximum atomic E-state index is 12.2. The minimum Gasteiger partial charge on any atom is -0.398 e. The number of nitrogen functional groups attached to an aromatic ring is 1. The van der Waals surface area contributed by atoms with Crippen molar-refractivity contribution in [1.82, 2.24) is 9.62 Å². The quantitative estimate of drug-likeness (QED) is 0.590. The van der Waals surface area contributed by atoms with Crippen molar-refractivity contribution >= 4 is 31.6 Å². The van der Waals surface area contributed by atoms with E-state index in [9.17, 15) is 8.42 Å². The van der Waals surface area contributed by atoms with E-state index in [2.05, 4.69) is 25.6 Å². The van der Waals surface area contributed by atoms with Gasteiger partial charge >= 0.3 is 0 Å². The van der Waals surface area contributed by atoms with Crippen molar-refractivity contribution in [1.29, 1.82) is 0 Å². The van der Waals surface area contributed by atoms with Crippen LogP contribution in [0.2, 0.25) is 0 Å². The van der Waals surface area contributed by atoms with Gasteiger partial charge < -0.3 is 10.6 Å². The lowest BCUT2D eigenvalue weighted by atomic mass is 10.1. The fraction of sp³-hybridized carbons (Fsp3) is 0.571. The van der Waals surface area contributed by atoms with Crippen LogP contribution in [-0.4, -0.2) is 39.5 Å². The maximum Gasteiger partial charge on any atom is 0.242 e. The minimum absolute atomic E-state index is 0.142. The first-order valence-electron chi connectivity index (χ1n) is 7.26. The van der Waals surface area contributed by atoms with Gasteiger partial charge in [-0.1, -0.05) is 22.4 Å². The first-order valence-corrected chi connectivity index (χ1v) is 9.54. The monoisotopic (exact) mass is 375 g/mol. The standard InChI is InChI=1S/C14H22BrN3O2S/c15-12-5-6-14(13(16)11-12)21(19,20)17-7-4-10-18-8-2-1-3-9-18/h5-6,11,17H,1-4,7-10,16H2. The Morgan fingerprint density at radius 3 is 2.62 bits per heavy atom. The van der Waals surface area contributed by atoms with Gasteiger partial charge in [0.1, 0.15) is 4.90 Å². The summed E-state index contributed by atoms with van der Waals surface area (Å²) >= 11 is 3.27. The number of nitrogens with one attached hydrogen (secondary N) is 1. The Morgan fingerprint density at radius 1 is 1.24 bits per heavy atom. The number of rotatable bonds is 6. The smallest absolute Gasteiger partial charge is 0.242 e. The van der Waals surface area contributed by atoms with E-state index in [0.717, 1.165) is 30.5 Å². The molecule has 0 radical (unpaired) electrons. The third kappa shape index (κ3) is 4.95. The number of likely N-dealkylation sites (tertiary alicyclic amines) is 1. The highest BCUT2D eigenvalue weighted by molar-refractivity contribution is 9.10. The van der Waals surface area contributed by atoms with Gasteiger partial charge in [-0.3, -0.25) is 0 Å². The summed E-state index contributed by atoms with van der Waals surface area (Å²) in [5.74, 6) is 0. The van der Waals surface area contributed by atoms with E-state index in [1.165, 1.54) is 25.3 Å². The number of hydrogen-bond donors (Lipinski definition) is 2. The summed E-state index contributed by atoms with van der Waals surface area (Å²) in [7, 11) is -3.53. The van der Waals surface area contributed by atoms with Crippen molar-refractivity contribution in [2.45, 2.75) is 30.6 Å². The average molecular weight is 376 g/mol. The Morgan fingerprint density at radius 2 is 1.95 bits per heavy atom. The normalized spacial score (nSPS) is 17.0. The highest BCUT2D eigenvalue weighted by Crippen LogP contribution is 2.22. The maximum absolute atomic E-state index is 12.2. The third-order valence-electron chi connectivity index (χ3n) is 3.65. The lowest BCUT2D eigenvalue weighted by Crippen LogP contribution is -2.33. The zero-order valence-electron chi connectivity index (χ0n) is 12.0. The summed E-state index contributed by atoms with van der Waals surface area (Å²) < 4.78 is 27.8. The van der Waals surface area contributed by atoms with Crippen LogP contribution in [0.3, 0.4) is 0 Å². The highest BCUT2D eigenvalue weighted by Gasteiger charge is 2.17. The molecule has 1 aromatic carbocycles. The number of halogens is 1. The van der Waals surface area contributed by atoms with E-state index < -0.39 is 10.0 Å². The Bertz CT molecular complexity index is 572. The van der Waals surface area contributed by atoms with Crippen LogP contribution in [0.1, 0.15) is 25.7 Å². The Balaban J connectivity index is 1.83. The minimum atomic E-state index is -3.53. The molecular formula is C14H22BrN3O2S. The molecule has 0 aromatic heterocycles. The van der Waals surface area contributed by atoms with Gasteiger partial charge in [-0.15, -0.1) is 0 Å². The molecule has 5 nitrogen and oxygen atoms in total. The zero-order chi connectivity index (χ0) is 15.3. The predicted molar refractivity (Wildman–Crippen MR) is 88.7 cm³/mol. The second-order valence-electron chi connectivity index (χ2n) is 5.34. The van der Waals surface area contributed by atoms with Crippen molar-refractivity contribution in [3.05, 3.63) is 22.7 Å². The van der Waals surface area contributed by atoms with Gasteiger partial charge in [0.2, 0.25) is 10.0 Å². The molecule has 0 aliphatic carbocycles. The second-order valence-corrected chi connectivity index (χ2v) is 7.99. The molecule has 1 saturated heterocycles. The van der Waals surface area contributed by atoms with Gasteiger partial charge in [-0.2, -0.15) is 0 Å². The molecule has 0 unspecified atom stereocenters. The molecule has 2 rings (SSSR count). The predicted octanol–water partition coefficient (Wildman–Crippen LogP) is 2.19. The van der Waals surface area contributed by atoms with Crippen LogP contribution in [0.4, 0.5) is 5.69 Å². The molecule has 0 amide bonds. The molecule has 1 heterocycles. The lowest BCUT2D eigenvalue weighted by molar-refractivity contribution is 0.227. The fourth-order valence-electron chi connectivity index (χ4n) is 2.53. The van der Waals surface area contributed by atoms with Gasteiger partial charge in [0, 0.05) is 11.0 Å². The molecule has 3 N–H and O–H groups in total. The second kappa shape index (κ2) is 7.58. The van der Waals surface area contributed by atoms with Crippen molar-refractivity contribution in [3.63, 3.8) is 0 Å². The van der Waals surface area contributed by atoms with E-state index in [0.29, 0.717) is 6.54 Å². The largest absolute Gasteiger partial charge is 0.398 e. The van der Waals surface area contributed by atoms with Crippen molar-refractivity contribution in [2.75, 3.05) is 31.9 Å². The van der Waals surface area contributed by atoms with E-state index in [1.54, 1.807) is 12.1 Å². The number of nitrogens with two attached hydrogens (primary N) is 1. The summed E-state index contributed by atoms with van der Waals surface area (Å²) in [5.41, 5.74) is 6.03. The van der Waals surface area contributed by atoms with Gasteiger partial charge in [0.15, 0.2) is 0 Å². The number of hydrogen-bond acceptors (Lipinski definition) is 4. The van der Waals surface area contributed by atoms with Crippen LogP contribution in [-0.2, 0) is 10.0 Å². The molecule has 118 valence electrons. The van der Waals surface area contributed by atoms with E-state index in [1.807, 2.05) is 0 Å². The first-order chi connectivity index (χ1) is 9.99. The van der Waals surface area contributed by atoms with Crippen LogP contribution in [0, 0.1) is 0 Å². The Labute approximate surface area is 135 Å². The van der Waals surface area contributed by atoms with Gasteiger partial charge in [0.25, 0.3) is 0 Å². The lowest BCUT2D eigenvalue weighted by Gasteiger charge is -2.26. The van der Waals surface area contributed by atoms with Crippen LogP contribution in [0.15, 0.2) is 27.6 Å². The SMILES string of the molecule is Nc1cc(Br)ccc1S(=O)(=O)NCCCN1CCCCC1. The van der Waals surface area contributed by atoms with Crippen LogP contribution in [0.5, 0.6) is 0 Å².